The number of aliphatic hydroxyl groups excluding tert-OH is 1. The van der Waals surface area contributed by atoms with Crippen LogP contribution in [0.2, 0.25) is 0 Å². The van der Waals surface area contributed by atoms with E-state index in [2.05, 4.69) is 53.7 Å². The van der Waals surface area contributed by atoms with E-state index in [4.69, 9.17) is 0 Å². The molecule has 0 spiro atoms. The minimum atomic E-state index is -0.0746. The Bertz CT molecular complexity index is 670. The van der Waals surface area contributed by atoms with Crippen molar-refractivity contribution >= 4 is 0 Å². The van der Waals surface area contributed by atoms with Gasteiger partial charge in [-0.15, -0.1) is 0 Å². The molecule has 0 aromatic rings. The molecule has 4 rings (SSSR count). The van der Waals surface area contributed by atoms with Gasteiger partial charge in [0.15, 0.2) is 0 Å². The van der Waals surface area contributed by atoms with E-state index in [0.29, 0.717) is 22.7 Å². The van der Waals surface area contributed by atoms with E-state index in [0.717, 1.165) is 30.1 Å². The van der Waals surface area contributed by atoms with Crippen LogP contribution in [0.1, 0.15) is 99.3 Å². The lowest BCUT2D eigenvalue weighted by Crippen LogP contribution is -2.52. The van der Waals surface area contributed by atoms with Crippen LogP contribution >= 0.6 is 0 Å². The fraction of sp³-hybridized carbons (Fsp3) is 0.857. The third-order valence-electron chi connectivity index (χ3n) is 10.5. The molecule has 0 aliphatic heterocycles. The first-order valence-electron chi connectivity index (χ1n) is 12.7. The molecular formula is C28H46O. The van der Waals surface area contributed by atoms with Crippen molar-refractivity contribution < 1.29 is 5.11 Å². The van der Waals surface area contributed by atoms with Crippen molar-refractivity contribution in [3.05, 3.63) is 23.3 Å². The number of hydrogen-bond acceptors (Lipinski definition) is 1. The second kappa shape index (κ2) is 7.85. The number of allylic oxidation sites excluding steroid dienone is 4. The summed E-state index contributed by atoms with van der Waals surface area (Å²) in [5.74, 6) is 4.51. The van der Waals surface area contributed by atoms with Crippen molar-refractivity contribution in [2.24, 2.45) is 46.3 Å². The largest absolute Gasteiger partial charge is 0.393 e. The van der Waals surface area contributed by atoms with Crippen LogP contribution in [0.3, 0.4) is 0 Å². The zero-order chi connectivity index (χ0) is 21.0. The molecular weight excluding hydrogens is 352 g/mol. The summed E-state index contributed by atoms with van der Waals surface area (Å²) in [5.41, 5.74) is 4.28. The lowest BCUT2D eigenvalue weighted by Gasteiger charge is -2.59. The Morgan fingerprint density at radius 3 is 2.52 bits per heavy atom. The van der Waals surface area contributed by atoms with E-state index in [9.17, 15) is 5.11 Å². The second-order valence-electron chi connectivity index (χ2n) is 12.2. The Hall–Kier alpha value is -0.560. The van der Waals surface area contributed by atoms with E-state index < -0.39 is 0 Å². The Morgan fingerprint density at radius 1 is 1.10 bits per heavy atom. The highest BCUT2D eigenvalue weighted by Crippen LogP contribution is 2.67. The van der Waals surface area contributed by atoms with Crippen LogP contribution in [0.4, 0.5) is 0 Å². The molecule has 1 heteroatoms. The van der Waals surface area contributed by atoms with Crippen LogP contribution < -0.4 is 0 Å². The maximum Gasteiger partial charge on any atom is 0.0568 e. The van der Waals surface area contributed by atoms with Gasteiger partial charge in [0, 0.05) is 0 Å². The topological polar surface area (TPSA) is 20.2 Å². The van der Waals surface area contributed by atoms with Gasteiger partial charge in [-0.25, -0.2) is 0 Å². The van der Waals surface area contributed by atoms with Crippen molar-refractivity contribution in [3.63, 3.8) is 0 Å². The zero-order valence-corrected chi connectivity index (χ0v) is 20.0. The Balaban J connectivity index is 1.54. The van der Waals surface area contributed by atoms with Gasteiger partial charge in [-0.2, -0.15) is 0 Å². The molecule has 0 bridgehead atoms. The smallest absolute Gasteiger partial charge is 0.0568 e. The average Bonchev–Trinajstić information content (AvgIpc) is 3.02. The van der Waals surface area contributed by atoms with Gasteiger partial charge in [-0.1, -0.05) is 51.0 Å². The highest BCUT2D eigenvalue weighted by Gasteiger charge is 2.59. The fourth-order valence-corrected chi connectivity index (χ4v) is 8.76. The molecule has 3 fully saturated rings. The molecule has 9 atom stereocenters. The highest BCUT2D eigenvalue weighted by molar-refractivity contribution is 5.28. The van der Waals surface area contributed by atoms with E-state index in [1.54, 1.807) is 0 Å². The van der Waals surface area contributed by atoms with Gasteiger partial charge in [0.1, 0.15) is 0 Å². The van der Waals surface area contributed by atoms with E-state index >= 15 is 0 Å². The van der Waals surface area contributed by atoms with Crippen LogP contribution in [0, 0.1) is 46.3 Å². The number of fused-ring (bicyclic) bond motifs is 5. The van der Waals surface area contributed by atoms with Gasteiger partial charge in [-0.3, -0.25) is 0 Å². The number of aliphatic hydroxyl groups is 1. The summed E-state index contributed by atoms with van der Waals surface area (Å²) in [7, 11) is 0. The van der Waals surface area contributed by atoms with Crippen molar-refractivity contribution in [1.29, 1.82) is 0 Å². The quantitative estimate of drug-likeness (QED) is 0.484. The third kappa shape index (κ3) is 3.48. The highest BCUT2D eigenvalue weighted by atomic mass is 16.3. The van der Waals surface area contributed by atoms with Crippen molar-refractivity contribution in [2.45, 2.75) is 105 Å². The predicted molar refractivity (Wildman–Crippen MR) is 124 cm³/mol. The second-order valence-corrected chi connectivity index (χ2v) is 12.2. The molecule has 0 saturated heterocycles. The summed E-state index contributed by atoms with van der Waals surface area (Å²) in [4.78, 5) is 0. The van der Waals surface area contributed by atoms with Gasteiger partial charge in [0.25, 0.3) is 0 Å². The zero-order valence-electron chi connectivity index (χ0n) is 20.0. The lowest BCUT2D eigenvalue weighted by atomic mass is 9.46. The summed E-state index contributed by atoms with van der Waals surface area (Å²) in [6.07, 6.45) is 16.8. The molecule has 0 aromatic heterocycles. The number of hydrogen-bond donors (Lipinski definition) is 1. The summed E-state index contributed by atoms with van der Waals surface area (Å²) < 4.78 is 0. The first kappa shape index (κ1) is 21.7. The van der Waals surface area contributed by atoms with Gasteiger partial charge in [0.05, 0.1) is 6.10 Å². The molecule has 164 valence electrons. The van der Waals surface area contributed by atoms with Gasteiger partial charge >= 0.3 is 0 Å². The average molecular weight is 399 g/mol. The molecule has 29 heavy (non-hydrogen) atoms. The van der Waals surface area contributed by atoms with Gasteiger partial charge in [0.2, 0.25) is 0 Å². The Kier molecular flexibility index (Phi) is 5.86. The first-order chi connectivity index (χ1) is 13.7. The minimum Gasteiger partial charge on any atom is -0.393 e. The molecule has 1 nitrogen and oxygen atoms in total. The molecule has 0 radical (unpaired) electrons. The fourth-order valence-electron chi connectivity index (χ4n) is 8.76. The number of rotatable bonds is 4. The summed E-state index contributed by atoms with van der Waals surface area (Å²) in [6.45, 7) is 14.6. The standard InChI is InChI=1S/C28H46O/c1-18(2)8-7-9-19(3)22-12-13-24-21-10-11-23-20(4)26(29)15-17-28(23,6)25(21)14-16-27(22,24)5/h8,10,19-20,22-26,29H,7,9,11-17H2,1-6H3/t19-,20?,22-,23?,24+,25+,26?,27-,28+/m1/s1. The maximum absolute atomic E-state index is 10.5. The van der Waals surface area contributed by atoms with Crippen molar-refractivity contribution in [2.75, 3.05) is 0 Å². The van der Waals surface area contributed by atoms with Crippen LogP contribution in [-0.2, 0) is 0 Å². The van der Waals surface area contributed by atoms with Crippen LogP contribution in [0.15, 0.2) is 23.3 Å². The van der Waals surface area contributed by atoms with Crippen LogP contribution in [0.5, 0.6) is 0 Å². The van der Waals surface area contributed by atoms with Gasteiger partial charge < -0.3 is 5.11 Å². The van der Waals surface area contributed by atoms with E-state index in [-0.39, 0.29) is 6.10 Å². The molecule has 4 aliphatic rings. The van der Waals surface area contributed by atoms with E-state index in [1.807, 2.05) is 5.57 Å². The molecule has 0 heterocycles. The first-order valence-corrected chi connectivity index (χ1v) is 12.7. The third-order valence-corrected chi connectivity index (χ3v) is 10.5. The molecule has 1 N–H and O–H groups in total. The van der Waals surface area contributed by atoms with Crippen molar-refractivity contribution in [1.82, 2.24) is 0 Å². The Morgan fingerprint density at radius 2 is 1.79 bits per heavy atom. The summed E-state index contributed by atoms with van der Waals surface area (Å²) in [6, 6.07) is 0. The maximum atomic E-state index is 10.5. The molecule has 0 aromatic carbocycles. The lowest BCUT2D eigenvalue weighted by molar-refractivity contribution is -0.0773. The summed E-state index contributed by atoms with van der Waals surface area (Å²) in [5, 5.41) is 10.5. The normalized spacial score (nSPS) is 47.5. The molecule has 3 saturated carbocycles. The van der Waals surface area contributed by atoms with Gasteiger partial charge in [-0.05, 0) is 118 Å². The van der Waals surface area contributed by atoms with Crippen molar-refractivity contribution in [3.8, 4) is 0 Å². The molecule has 3 unspecified atom stereocenters. The summed E-state index contributed by atoms with van der Waals surface area (Å²) >= 11 is 0. The van der Waals surface area contributed by atoms with Crippen LogP contribution in [-0.4, -0.2) is 11.2 Å². The van der Waals surface area contributed by atoms with E-state index in [1.165, 1.54) is 56.9 Å². The molecule has 0 amide bonds. The Labute approximate surface area is 180 Å². The molecule has 4 aliphatic carbocycles. The predicted octanol–water partition coefficient (Wildman–Crippen LogP) is 7.55. The monoisotopic (exact) mass is 398 g/mol. The minimum absolute atomic E-state index is 0.0746. The van der Waals surface area contributed by atoms with Crippen LogP contribution in [0.25, 0.3) is 0 Å². The SMILES string of the molecule is CC(C)=CCC[C@@H](C)[C@H]1CC[C@H]2C3=CCC4C(C)C(O)CC[C@]4(C)[C@H]3CC[C@]12C.